The van der Waals surface area contributed by atoms with Crippen molar-refractivity contribution in [2.24, 2.45) is 5.92 Å². The van der Waals surface area contributed by atoms with Gasteiger partial charge in [0.05, 0.1) is 5.60 Å². The van der Waals surface area contributed by atoms with Crippen molar-refractivity contribution in [2.45, 2.75) is 122 Å². The Bertz CT molecular complexity index is 228. The highest BCUT2D eigenvalue weighted by Crippen LogP contribution is 2.36. The van der Waals surface area contributed by atoms with Crippen LogP contribution in [0, 0.1) is 5.92 Å². The van der Waals surface area contributed by atoms with Crippen LogP contribution in [0.25, 0.3) is 0 Å². The summed E-state index contributed by atoms with van der Waals surface area (Å²) in [7, 11) is 0. The molecule has 0 unspecified atom stereocenters. The van der Waals surface area contributed by atoms with Crippen molar-refractivity contribution in [3.63, 3.8) is 0 Å². The SMILES string of the molecule is CCCCCCCCCCCCC1(O)CCC(CC)CC1. The topological polar surface area (TPSA) is 20.2 Å². The van der Waals surface area contributed by atoms with Crippen LogP contribution in [0.3, 0.4) is 0 Å². The van der Waals surface area contributed by atoms with Crippen LogP contribution in [0.2, 0.25) is 0 Å². The van der Waals surface area contributed by atoms with Crippen LogP contribution in [0.5, 0.6) is 0 Å². The molecular formula is C20H40O. The molecule has 0 saturated heterocycles. The van der Waals surface area contributed by atoms with Gasteiger partial charge in [0.1, 0.15) is 0 Å². The molecule has 0 aliphatic heterocycles. The van der Waals surface area contributed by atoms with Gasteiger partial charge in [0.25, 0.3) is 0 Å². The lowest BCUT2D eigenvalue weighted by molar-refractivity contribution is -0.0188. The van der Waals surface area contributed by atoms with E-state index in [4.69, 9.17) is 0 Å². The molecular weight excluding hydrogens is 256 g/mol. The maximum atomic E-state index is 10.6. The molecule has 0 spiro atoms. The lowest BCUT2D eigenvalue weighted by Gasteiger charge is -2.36. The van der Waals surface area contributed by atoms with Gasteiger partial charge in [0, 0.05) is 0 Å². The first-order valence-electron chi connectivity index (χ1n) is 9.92. The molecule has 1 aliphatic carbocycles. The Morgan fingerprint density at radius 1 is 0.762 bits per heavy atom. The van der Waals surface area contributed by atoms with Gasteiger partial charge in [-0.25, -0.2) is 0 Å². The van der Waals surface area contributed by atoms with E-state index in [1.807, 2.05) is 0 Å². The first-order valence-corrected chi connectivity index (χ1v) is 9.92. The van der Waals surface area contributed by atoms with Gasteiger partial charge in [-0.3, -0.25) is 0 Å². The van der Waals surface area contributed by atoms with Crippen LogP contribution in [0.4, 0.5) is 0 Å². The minimum Gasteiger partial charge on any atom is -0.390 e. The Kier molecular flexibility index (Phi) is 10.4. The summed E-state index contributed by atoms with van der Waals surface area (Å²) in [5.74, 6) is 0.887. The second kappa shape index (κ2) is 11.5. The molecule has 0 aromatic carbocycles. The summed E-state index contributed by atoms with van der Waals surface area (Å²) in [5, 5.41) is 10.6. The molecule has 0 bridgehead atoms. The van der Waals surface area contributed by atoms with Crippen LogP contribution in [-0.4, -0.2) is 10.7 Å². The fourth-order valence-electron chi connectivity index (χ4n) is 3.81. The number of rotatable bonds is 12. The van der Waals surface area contributed by atoms with Crippen molar-refractivity contribution in [1.82, 2.24) is 0 Å². The summed E-state index contributed by atoms with van der Waals surface area (Å²) in [6.07, 6.45) is 20.8. The molecule has 1 aliphatic rings. The van der Waals surface area contributed by atoms with Crippen molar-refractivity contribution in [3.05, 3.63) is 0 Å². The summed E-state index contributed by atoms with van der Waals surface area (Å²) >= 11 is 0. The van der Waals surface area contributed by atoms with Crippen LogP contribution < -0.4 is 0 Å². The number of aliphatic hydroxyl groups is 1. The molecule has 0 amide bonds. The fraction of sp³-hybridized carbons (Fsp3) is 1.00. The van der Waals surface area contributed by atoms with Gasteiger partial charge in [0.2, 0.25) is 0 Å². The molecule has 126 valence electrons. The number of hydrogen-bond acceptors (Lipinski definition) is 1. The lowest BCUT2D eigenvalue weighted by atomic mass is 9.75. The van der Waals surface area contributed by atoms with Crippen LogP contribution >= 0.6 is 0 Å². The van der Waals surface area contributed by atoms with E-state index >= 15 is 0 Å². The quantitative estimate of drug-likeness (QED) is 0.401. The Hall–Kier alpha value is -0.0400. The van der Waals surface area contributed by atoms with E-state index in [0.717, 1.165) is 25.2 Å². The molecule has 1 rings (SSSR count). The lowest BCUT2D eigenvalue weighted by Crippen LogP contribution is -2.33. The van der Waals surface area contributed by atoms with Gasteiger partial charge in [-0.1, -0.05) is 84.5 Å². The van der Waals surface area contributed by atoms with E-state index in [2.05, 4.69) is 13.8 Å². The van der Waals surface area contributed by atoms with Crippen molar-refractivity contribution in [3.8, 4) is 0 Å². The Balaban J connectivity index is 1.90. The highest BCUT2D eigenvalue weighted by molar-refractivity contribution is 4.84. The van der Waals surface area contributed by atoms with E-state index < -0.39 is 0 Å². The predicted molar refractivity (Wildman–Crippen MR) is 93.7 cm³/mol. The van der Waals surface area contributed by atoms with Crippen molar-refractivity contribution in [1.29, 1.82) is 0 Å². The number of hydrogen-bond donors (Lipinski definition) is 1. The minimum atomic E-state index is -0.300. The summed E-state index contributed by atoms with van der Waals surface area (Å²) in [5.41, 5.74) is -0.300. The van der Waals surface area contributed by atoms with Crippen molar-refractivity contribution < 1.29 is 5.11 Å². The van der Waals surface area contributed by atoms with Gasteiger partial charge in [0.15, 0.2) is 0 Å². The molecule has 0 aromatic heterocycles. The van der Waals surface area contributed by atoms with Crippen molar-refractivity contribution in [2.75, 3.05) is 0 Å². The zero-order chi connectivity index (χ0) is 15.4. The minimum absolute atomic E-state index is 0.300. The van der Waals surface area contributed by atoms with E-state index in [1.54, 1.807) is 0 Å². The monoisotopic (exact) mass is 296 g/mol. The third-order valence-electron chi connectivity index (χ3n) is 5.61. The Morgan fingerprint density at radius 2 is 1.24 bits per heavy atom. The summed E-state index contributed by atoms with van der Waals surface area (Å²) in [6.45, 7) is 4.57. The van der Waals surface area contributed by atoms with E-state index in [-0.39, 0.29) is 5.60 Å². The maximum absolute atomic E-state index is 10.6. The Morgan fingerprint density at radius 3 is 1.71 bits per heavy atom. The standard InChI is InChI=1S/C20H40O/c1-3-5-6-7-8-9-10-11-12-13-16-20(21)17-14-19(4-2)15-18-20/h19,21H,3-18H2,1-2H3. The largest absolute Gasteiger partial charge is 0.390 e. The molecule has 1 N–H and O–H groups in total. The molecule has 1 saturated carbocycles. The molecule has 0 atom stereocenters. The van der Waals surface area contributed by atoms with Crippen LogP contribution in [-0.2, 0) is 0 Å². The molecule has 21 heavy (non-hydrogen) atoms. The summed E-state index contributed by atoms with van der Waals surface area (Å²) in [6, 6.07) is 0. The molecule has 0 aromatic rings. The van der Waals surface area contributed by atoms with E-state index in [9.17, 15) is 5.11 Å². The molecule has 0 radical (unpaired) electrons. The first-order chi connectivity index (χ1) is 10.2. The van der Waals surface area contributed by atoms with Gasteiger partial charge < -0.3 is 5.11 Å². The predicted octanol–water partition coefficient (Wildman–Crippen LogP) is 6.63. The normalized spacial score (nSPS) is 26.1. The van der Waals surface area contributed by atoms with Crippen LogP contribution in [0.1, 0.15) is 117 Å². The Labute approximate surface area is 133 Å². The highest BCUT2D eigenvalue weighted by Gasteiger charge is 2.31. The fourth-order valence-corrected chi connectivity index (χ4v) is 3.81. The summed E-state index contributed by atoms with van der Waals surface area (Å²) in [4.78, 5) is 0. The molecule has 1 fully saturated rings. The zero-order valence-electron chi connectivity index (χ0n) is 14.8. The van der Waals surface area contributed by atoms with Gasteiger partial charge in [-0.2, -0.15) is 0 Å². The first kappa shape index (κ1) is 19.0. The highest BCUT2D eigenvalue weighted by atomic mass is 16.3. The van der Waals surface area contributed by atoms with Gasteiger partial charge in [-0.05, 0) is 38.0 Å². The average Bonchev–Trinajstić information content (AvgIpc) is 2.50. The maximum Gasteiger partial charge on any atom is 0.0648 e. The molecule has 1 nitrogen and oxygen atoms in total. The average molecular weight is 297 g/mol. The third kappa shape index (κ3) is 8.86. The smallest absolute Gasteiger partial charge is 0.0648 e. The second-order valence-corrected chi connectivity index (χ2v) is 7.51. The third-order valence-corrected chi connectivity index (χ3v) is 5.61. The van der Waals surface area contributed by atoms with Gasteiger partial charge in [-0.15, -0.1) is 0 Å². The molecule has 0 heterocycles. The number of unbranched alkanes of at least 4 members (excludes halogenated alkanes) is 9. The van der Waals surface area contributed by atoms with Crippen molar-refractivity contribution >= 4 is 0 Å². The second-order valence-electron chi connectivity index (χ2n) is 7.51. The summed E-state index contributed by atoms with van der Waals surface area (Å²) < 4.78 is 0. The van der Waals surface area contributed by atoms with Crippen LogP contribution in [0.15, 0.2) is 0 Å². The zero-order valence-corrected chi connectivity index (χ0v) is 14.8. The molecule has 1 heteroatoms. The van der Waals surface area contributed by atoms with E-state index in [1.165, 1.54) is 83.5 Å². The van der Waals surface area contributed by atoms with Gasteiger partial charge >= 0.3 is 0 Å². The van der Waals surface area contributed by atoms with E-state index in [0.29, 0.717) is 0 Å².